The molecule has 2 nitrogen and oxygen atoms in total. The normalized spacial score (nSPS) is 13.1. The minimum Gasteiger partial charge on any atom is -0.478 e. The van der Waals surface area contributed by atoms with E-state index in [0.717, 1.165) is 0 Å². The molecule has 1 rings (SSSR count). The van der Waals surface area contributed by atoms with E-state index in [1.54, 1.807) is 30.3 Å². The second-order valence-corrected chi connectivity index (χ2v) is 3.78. The average molecular weight is 258 g/mol. The Balaban J connectivity index is 3.19. The number of hydrogen-bond acceptors (Lipinski definition) is 1. The van der Waals surface area contributed by atoms with Crippen molar-refractivity contribution in [2.75, 3.05) is 0 Å². The summed E-state index contributed by atoms with van der Waals surface area (Å²) in [4.78, 5) is 10.9. The molecule has 1 aromatic rings. The Bertz CT molecular complexity index is 447. The van der Waals surface area contributed by atoms with E-state index in [-0.39, 0.29) is 6.42 Å². The lowest BCUT2D eigenvalue weighted by Crippen LogP contribution is -2.20. The van der Waals surface area contributed by atoms with Crippen molar-refractivity contribution < 1.29 is 23.1 Å². The number of carbonyl (C=O) groups is 1. The molecule has 18 heavy (non-hydrogen) atoms. The highest BCUT2D eigenvalue weighted by Gasteiger charge is 2.37. The van der Waals surface area contributed by atoms with Gasteiger partial charge in [-0.25, -0.2) is 4.79 Å². The van der Waals surface area contributed by atoms with E-state index in [1.807, 2.05) is 0 Å². The largest absolute Gasteiger partial charge is 0.478 e. The van der Waals surface area contributed by atoms with Gasteiger partial charge in [0.1, 0.15) is 0 Å². The molecule has 5 heteroatoms. The van der Waals surface area contributed by atoms with Crippen LogP contribution in [0.2, 0.25) is 0 Å². The topological polar surface area (TPSA) is 37.3 Å². The van der Waals surface area contributed by atoms with Crippen LogP contribution in [0.3, 0.4) is 0 Å². The Labute approximate surface area is 103 Å². The zero-order valence-electron chi connectivity index (χ0n) is 9.79. The summed E-state index contributed by atoms with van der Waals surface area (Å²) in [5.74, 6) is -1.51. The van der Waals surface area contributed by atoms with E-state index in [9.17, 15) is 18.0 Å². The molecule has 0 saturated heterocycles. The number of benzene rings is 1. The summed E-state index contributed by atoms with van der Waals surface area (Å²) in [6, 6.07) is 8.02. The van der Waals surface area contributed by atoms with Gasteiger partial charge < -0.3 is 5.11 Å². The minimum atomic E-state index is -4.63. The van der Waals surface area contributed by atoms with E-state index in [1.165, 1.54) is 6.92 Å². The van der Waals surface area contributed by atoms with Gasteiger partial charge in [0.05, 0.1) is 0 Å². The van der Waals surface area contributed by atoms with E-state index >= 15 is 0 Å². The molecule has 0 unspecified atom stereocenters. The molecule has 0 heterocycles. The van der Waals surface area contributed by atoms with Gasteiger partial charge in [0.2, 0.25) is 0 Å². The molecule has 0 aromatic heterocycles. The number of carboxylic acid groups (broad SMARTS) is 1. The van der Waals surface area contributed by atoms with Gasteiger partial charge in [-0.2, -0.15) is 13.2 Å². The number of allylic oxidation sites excluding steroid dienone is 1. The highest BCUT2D eigenvalue weighted by molar-refractivity contribution is 5.87. The maximum Gasteiger partial charge on any atom is 0.413 e. The summed E-state index contributed by atoms with van der Waals surface area (Å²) < 4.78 is 38.6. The predicted octanol–water partition coefficient (Wildman–Crippen LogP) is 3.58. The van der Waals surface area contributed by atoms with Gasteiger partial charge in [-0.15, -0.1) is 0 Å². The summed E-state index contributed by atoms with van der Waals surface area (Å²) in [5, 5.41) is 8.83. The quantitative estimate of drug-likeness (QED) is 0.838. The lowest BCUT2D eigenvalue weighted by molar-refractivity contribution is -0.134. The van der Waals surface area contributed by atoms with Crippen LogP contribution >= 0.6 is 0 Å². The molecule has 0 atom stereocenters. The van der Waals surface area contributed by atoms with Crippen LogP contribution in [0.25, 0.3) is 0 Å². The van der Waals surface area contributed by atoms with Crippen molar-refractivity contribution >= 4 is 5.97 Å². The number of carboxylic acids is 1. The zero-order chi connectivity index (χ0) is 13.8. The highest BCUT2D eigenvalue weighted by Crippen LogP contribution is 2.32. The zero-order valence-corrected chi connectivity index (χ0v) is 9.79. The van der Waals surface area contributed by atoms with Crippen molar-refractivity contribution in [3.8, 4) is 0 Å². The standard InChI is InChI=1S/C13H13F3O2/c1-2-10(12(17)18)11(13(14,15)16)8-9-6-4-3-5-7-9/h3-7H,2,8H2,1H3,(H,17,18). The second-order valence-electron chi connectivity index (χ2n) is 3.78. The molecule has 0 saturated carbocycles. The second kappa shape index (κ2) is 5.71. The van der Waals surface area contributed by atoms with Crippen molar-refractivity contribution in [1.82, 2.24) is 0 Å². The number of hydrogen-bond donors (Lipinski definition) is 1. The van der Waals surface area contributed by atoms with Crippen molar-refractivity contribution in [3.63, 3.8) is 0 Å². The minimum absolute atomic E-state index is 0.156. The van der Waals surface area contributed by atoms with Gasteiger partial charge in [0, 0.05) is 17.6 Å². The number of rotatable bonds is 4. The third kappa shape index (κ3) is 3.61. The van der Waals surface area contributed by atoms with Crippen LogP contribution in [0.1, 0.15) is 18.9 Å². The first-order valence-corrected chi connectivity index (χ1v) is 5.42. The van der Waals surface area contributed by atoms with Gasteiger partial charge in [-0.3, -0.25) is 0 Å². The Morgan fingerprint density at radius 1 is 1.22 bits per heavy atom. The van der Waals surface area contributed by atoms with E-state index in [0.29, 0.717) is 5.56 Å². The first kappa shape index (κ1) is 14.3. The van der Waals surface area contributed by atoms with Crippen LogP contribution in [-0.2, 0) is 11.2 Å². The van der Waals surface area contributed by atoms with Gasteiger partial charge in [-0.05, 0) is 12.0 Å². The number of halogens is 3. The summed E-state index contributed by atoms with van der Waals surface area (Å²) in [7, 11) is 0. The monoisotopic (exact) mass is 258 g/mol. The first-order chi connectivity index (χ1) is 8.36. The maximum atomic E-state index is 12.9. The molecule has 0 amide bonds. The summed E-state index contributed by atoms with van der Waals surface area (Å²) in [6.07, 6.45) is -5.20. The fourth-order valence-corrected chi connectivity index (χ4v) is 1.67. The predicted molar refractivity (Wildman–Crippen MR) is 61.2 cm³/mol. The fourth-order valence-electron chi connectivity index (χ4n) is 1.67. The fraction of sp³-hybridized carbons (Fsp3) is 0.308. The first-order valence-electron chi connectivity index (χ1n) is 5.42. The Morgan fingerprint density at radius 3 is 2.17 bits per heavy atom. The smallest absolute Gasteiger partial charge is 0.413 e. The Hall–Kier alpha value is -1.78. The molecule has 0 radical (unpaired) electrons. The third-order valence-electron chi connectivity index (χ3n) is 2.54. The lowest BCUT2D eigenvalue weighted by atomic mass is 9.98. The molecule has 0 aliphatic rings. The molecule has 0 fully saturated rings. The van der Waals surface area contributed by atoms with Gasteiger partial charge in [-0.1, -0.05) is 37.3 Å². The van der Waals surface area contributed by atoms with Crippen molar-refractivity contribution in [3.05, 3.63) is 47.0 Å². The maximum absolute atomic E-state index is 12.9. The number of alkyl halides is 3. The molecule has 98 valence electrons. The summed E-state index contributed by atoms with van der Waals surface area (Å²) in [6.45, 7) is 1.40. The average Bonchev–Trinajstić information content (AvgIpc) is 2.28. The van der Waals surface area contributed by atoms with Crippen molar-refractivity contribution in [1.29, 1.82) is 0 Å². The summed E-state index contributed by atoms with van der Waals surface area (Å²) >= 11 is 0. The van der Waals surface area contributed by atoms with Crippen LogP contribution in [0.15, 0.2) is 41.5 Å². The molecule has 0 aliphatic heterocycles. The van der Waals surface area contributed by atoms with Gasteiger partial charge in [0.25, 0.3) is 0 Å². The molecule has 1 aromatic carbocycles. The third-order valence-corrected chi connectivity index (χ3v) is 2.54. The van der Waals surface area contributed by atoms with Crippen molar-refractivity contribution in [2.45, 2.75) is 25.9 Å². The molecule has 0 bridgehead atoms. The molecular formula is C13H13F3O2. The van der Waals surface area contributed by atoms with Gasteiger partial charge >= 0.3 is 12.1 Å². The van der Waals surface area contributed by atoms with Crippen LogP contribution < -0.4 is 0 Å². The Morgan fingerprint density at radius 2 is 1.78 bits per heavy atom. The molecule has 1 N–H and O–H groups in total. The molecule has 0 aliphatic carbocycles. The van der Waals surface area contributed by atoms with E-state index in [4.69, 9.17) is 5.11 Å². The SMILES string of the molecule is CCC(C(=O)O)=C(Cc1ccccc1)C(F)(F)F. The van der Waals surface area contributed by atoms with Crippen LogP contribution in [0.5, 0.6) is 0 Å². The van der Waals surface area contributed by atoms with E-state index in [2.05, 4.69) is 0 Å². The van der Waals surface area contributed by atoms with E-state index < -0.39 is 29.7 Å². The van der Waals surface area contributed by atoms with Crippen LogP contribution in [-0.4, -0.2) is 17.3 Å². The van der Waals surface area contributed by atoms with Gasteiger partial charge in [0.15, 0.2) is 0 Å². The van der Waals surface area contributed by atoms with Crippen molar-refractivity contribution in [2.24, 2.45) is 0 Å². The molecule has 0 spiro atoms. The summed E-state index contributed by atoms with van der Waals surface area (Å²) in [5.41, 5.74) is -1.12. The molecular weight excluding hydrogens is 245 g/mol. The lowest BCUT2D eigenvalue weighted by Gasteiger charge is -2.15. The van der Waals surface area contributed by atoms with Crippen LogP contribution in [0.4, 0.5) is 13.2 Å². The van der Waals surface area contributed by atoms with Crippen LogP contribution in [0, 0.1) is 0 Å². The Kier molecular flexibility index (Phi) is 4.53. The highest BCUT2D eigenvalue weighted by atomic mass is 19.4. The number of aliphatic carboxylic acids is 1.